The molecule has 0 bridgehead atoms. The summed E-state index contributed by atoms with van der Waals surface area (Å²) in [5.41, 5.74) is 3.93. The van der Waals surface area contributed by atoms with E-state index >= 15 is 0 Å². The van der Waals surface area contributed by atoms with Gasteiger partial charge in [-0.3, -0.25) is 4.79 Å². The summed E-state index contributed by atoms with van der Waals surface area (Å²) in [5.74, 6) is 0.580. The number of nitrogens with one attached hydrogen (secondary N) is 1. The van der Waals surface area contributed by atoms with Crippen molar-refractivity contribution in [1.82, 2.24) is 9.78 Å². The molecule has 0 radical (unpaired) electrons. The predicted molar refractivity (Wildman–Crippen MR) is 106 cm³/mol. The number of carbonyl (C=O) groups is 1. The van der Waals surface area contributed by atoms with Crippen molar-refractivity contribution in [3.63, 3.8) is 0 Å². The number of anilines is 1. The molecule has 2 aromatic carbocycles. The van der Waals surface area contributed by atoms with Crippen molar-refractivity contribution < 1.29 is 4.79 Å². The lowest BCUT2D eigenvalue weighted by molar-refractivity contribution is 0.102. The van der Waals surface area contributed by atoms with Crippen LogP contribution in [-0.4, -0.2) is 15.7 Å². The van der Waals surface area contributed by atoms with E-state index in [0.717, 1.165) is 11.3 Å². The minimum atomic E-state index is -0.125. The molecular weight excluding hydrogens is 322 g/mol. The zero-order valence-electron chi connectivity index (χ0n) is 15.8. The standard InChI is InChI=1S/C22H25N3O/c1-16-14-20(25(24-16)15-17-8-6-5-7-9-17)23-21(26)18-10-12-19(13-11-18)22(2,3)4/h5-14H,15H2,1-4H3,(H,23,26). The number of hydrogen-bond acceptors (Lipinski definition) is 2. The van der Waals surface area contributed by atoms with Crippen LogP contribution in [0.3, 0.4) is 0 Å². The van der Waals surface area contributed by atoms with Crippen LogP contribution in [0.1, 0.15) is 48.0 Å². The molecule has 0 aliphatic carbocycles. The molecule has 4 nitrogen and oxygen atoms in total. The van der Waals surface area contributed by atoms with E-state index in [9.17, 15) is 4.79 Å². The third-order valence-electron chi connectivity index (χ3n) is 4.33. The normalized spacial score (nSPS) is 11.4. The molecule has 0 saturated heterocycles. The van der Waals surface area contributed by atoms with Crippen LogP contribution in [0.5, 0.6) is 0 Å². The molecule has 0 aliphatic heterocycles. The first-order chi connectivity index (χ1) is 12.3. The highest BCUT2D eigenvalue weighted by Gasteiger charge is 2.15. The van der Waals surface area contributed by atoms with E-state index in [2.05, 4.69) is 31.2 Å². The minimum absolute atomic E-state index is 0.0699. The van der Waals surface area contributed by atoms with Gasteiger partial charge in [-0.2, -0.15) is 5.10 Å². The van der Waals surface area contributed by atoms with Crippen molar-refractivity contribution in [3.05, 3.63) is 83.0 Å². The third kappa shape index (κ3) is 4.20. The molecule has 0 spiro atoms. The van der Waals surface area contributed by atoms with E-state index in [-0.39, 0.29) is 11.3 Å². The maximum absolute atomic E-state index is 12.6. The summed E-state index contributed by atoms with van der Waals surface area (Å²) in [6.45, 7) is 9.02. The maximum Gasteiger partial charge on any atom is 0.256 e. The van der Waals surface area contributed by atoms with Gasteiger partial charge in [0.25, 0.3) is 5.91 Å². The van der Waals surface area contributed by atoms with Crippen molar-refractivity contribution >= 4 is 11.7 Å². The fraction of sp³-hybridized carbons (Fsp3) is 0.273. The Kier molecular flexibility index (Phi) is 4.94. The van der Waals surface area contributed by atoms with Crippen molar-refractivity contribution in [2.24, 2.45) is 0 Å². The second-order valence-electron chi connectivity index (χ2n) is 7.60. The van der Waals surface area contributed by atoms with Crippen LogP contribution < -0.4 is 5.32 Å². The van der Waals surface area contributed by atoms with Gasteiger partial charge in [-0.1, -0.05) is 63.2 Å². The quantitative estimate of drug-likeness (QED) is 0.737. The Morgan fingerprint density at radius 2 is 1.69 bits per heavy atom. The molecule has 1 heterocycles. The van der Waals surface area contributed by atoms with Gasteiger partial charge < -0.3 is 5.32 Å². The monoisotopic (exact) mass is 347 g/mol. The highest BCUT2D eigenvalue weighted by molar-refractivity contribution is 6.03. The SMILES string of the molecule is Cc1cc(NC(=O)c2ccc(C(C)(C)C)cc2)n(Cc2ccccc2)n1. The molecule has 0 unspecified atom stereocenters. The minimum Gasteiger partial charge on any atom is -0.307 e. The smallest absolute Gasteiger partial charge is 0.256 e. The summed E-state index contributed by atoms with van der Waals surface area (Å²) < 4.78 is 1.83. The van der Waals surface area contributed by atoms with Gasteiger partial charge in [-0.05, 0) is 35.6 Å². The van der Waals surface area contributed by atoms with Gasteiger partial charge in [0.15, 0.2) is 0 Å². The van der Waals surface area contributed by atoms with Gasteiger partial charge in [-0.25, -0.2) is 4.68 Å². The zero-order chi connectivity index (χ0) is 18.7. The van der Waals surface area contributed by atoms with Gasteiger partial charge in [0.2, 0.25) is 0 Å². The first kappa shape index (κ1) is 17.9. The fourth-order valence-electron chi connectivity index (χ4n) is 2.83. The van der Waals surface area contributed by atoms with E-state index in [1.165, 1.54) is 5.56 Å². The number of hydrogen-bond donors (Lipinski definition) is 1. The van der Waals surface area contributed by atoms with Crippen LogP contribution in [0.15, 0.2) is 60.7 Å². The van der Waals surface area contributed by atoms with Crippen LogP contribution in [0, 0.1) is 6.92 Å². The average molecular weight is 347 g/mol. The van der Waals surface area contributed by atoms with E-state index in [1.54, 1.807) is 0 Å². The van der Waals surface area contributed by atoms with Crippen LogP contribution in [-0.2, 0) is 12.0 Å². The zero-order valence-corrected chi connectivity index (χ0v) is 15.8. The Labute approximate surface area is 154 Å². The average Bonchev–Trinajstić information content (AvgIpc) is 2.94. The second-order valence-corrected chi connectivity index (χ2v) is 7.60. The van der Waals surface area contributed by atoms with Gasteiger partial charge in [-0.15, -0.1) is 0 Å². The van der Waals surface area contributed by atoms with Crippen LogP contribution >= 0.6 is 0 Å². The first-order valence-electron chi connectivity index (χ1n) is 8.83. The lowest BCUT2D eigenvalue weighted by Gasteiger charge is -2.19. The summed E-state index contributed by atoms with van der Waals surface area (Å²) in [6.07, 6.45) is 0. The van der Waals surface area contributed by atoms with Gasteiger partial charge in [0.1, 0.15) is 5.82 Å². The molecule has 4 heteroatoms. The number of benzene rings is 2. The molecule has 0 saturated carbocycles. The molecular formula is C22H25N3O. The van der Waals surface area contributed by atoms with Crippen molar-refractivity contribution in [1.29, 1.82) is 0 Å². The van der Waals surface area contributed by atoms with E-state index in [4.69, 9.17) is 0 Å². The number of carbonyl (C=O) groups excluding carboxylic acids is 1. The Bertz CT molecular complexity index is 887. The summed E-state index contributed by atoms with van der Waals surface area (Å²) >= 11 is 0. The van der Waals surface area contributed by atoms with Gasteiger partial charge >= 0.3 is 0 Å². The highest BCUT2D eigenvalue weighted by Crippen LogP contribution is 2.22. The summed E-state index contributed by atoms with van der Waals surface area (Å²) in [7, 11) is 0. The molecule has 134 valence electrons. The summed E-state index contributed by atoms with van der Waals surface area (Å²) in [5, 5.41) is 7.49. The lowest BCUT2D eigenvalue weighted by atomic mass is 9.87. The summed E-state index contributed by atoms with van der Waals surface area (Å²) in [4.78, 5) is 12.6. The molecule has 0 fully saturated rings. The first-order valence-corrected chi connectivity index (χ1v) is 8.83. The topological polar surface area (TPSA) is 46.9 Å². The van der Waals surface area contributed by atoms with Gasteiger partial charge in [0.05, 0.1) is 12.2 Å². The highest BCUT2D eigenvalue weighted by atomic mass is 16.1. The van der Waals surface area contributed by atoms with Crippen LogP contribution in [0.2, 0.25) is 0 Å². The summed E-state index contributed by atoms with van der Waals surface area (Å²) in [6, 6.07) is 19.8. The largest absolute Gasteiger partial charge is 0.307 e. The molecule has 1 amide bonds. The number of amides is 1. The number of aryl methyl sites for hydroxylation is 1. The molecule has 1 N–H and O–H groups in total. The van der Waals surface area contributed by atoms with Crippen molar-refractivity contribution in [2.75, 3.05) is 5.32 Å². The predicted octanol–water partition coefficient (Wildman–Crippen LogP) is 4.79. The lowest BCUT2D eigenvalue weighted by Crippen LogP contribution is -2.17. The Hall–Kier alpha value is -2.88. The Morgan fingerprint density at radius 1 is 1.04 bits per heavy atom. The van der Waals surface area contributed by atoms with Crippen molar-refractivity contribution in [2.45, 2.75) is 39.7 Å². The molecule has 1 aromatic heterocycles. The molecule has 26 heavy (non-hydrogen) atoms. The number of rotatable bonds is 4. The molecule has 3 aromatic rings. The van der Waals surface area contributed by atoms with E-state index in [1.807, 2.05) is 72.3 Å². The van der Waals surface area contributed by atoms with Crippen LogP contribution in [0.25, 0.3) is 0 Å². The molecule has 3 rings (SSSR count). The van der Waals surface area contributed by atoms with Crippen molar-refractivity contribution in [3.8, 4) is 0 Å². The van der Waals surface area contributed by atoms with E-state index in [0.29, 0.717) is 17.9 Å². The molecule has 0 atom stereocenters. The Balaban J connectivity index is 1.77. The second kappa shape index (κ2) is 7.16. The third-order valence-corrected chi connectivity index (χ3v) is 4.33. The molecule has 0 aliphatic rings. The number of nitrogens with zero attached hydrogens (tertiary/aromatic N) is 2. The maximum atomic E-state index is 12.6. The number of aromatic nitrogens is 2. The Morgan fingerprint density at radius 3 is 2.31 bits per heavy atom. The van der Waals surface area contributed by atoms with E-state index < -0.39 is 0 Å². The van der Waals surface area contributed by atoms with Gasteiger partial charge in [0, 0.05) is 11.6 Å². The fourth-order valence-corrected chi connectivity index (χ4v) is 2.83. The van der Waals surface area contributed by atoms with Crippen LogP contribution in [0.4, 0.5) is 5.82 Å².